The fraction of sp³-hybridized carbons (Fsp3) is 0.889. The van der Waals surface area contributed by atoms with Crippen LogP contribution in [0.4, 0.5) is 0 Å². The van der Waals surface area contributed by atoms with Crippen LogP contribution in [0.3, 0.4) is 0 Å². The van der Waals surface area contributed by atoms with Gasteiger partial charge in [0.15, 0.2) is 9.84 Å². The highest BCUT2D eigenvalue weighted by Gasteiger charge is 2.31. The highest BCUT2D eigenvalue weighted by atomic mass is 32.2. The lowest BCUT2D eigenvalue weighted by molar-refractivity contribution is -0.129. The Morgan fingerprint density at radius 3 is 2.40 bits per heavy atom. The molecular formula is C9H18N2O3S. The summed E-state index contributed by atoms with van der Waals surface area (Å²) in [6, 6.07) is 0. The average Bonchev–Trinajstić information content (AvgIpc) is 2.68. The molecule has 1 rings (SSSR count). The first-order chi connectivity index (χ1) is 6.99. The Hall–Kier alpha value is -0.620. The molecule has 5 nitrogen and oxygen atoms in total. The molecule has 1 saturated heterocycles. The maximum atomic E-state index is 11.8. The smallest absolute Gasteiger partial charge is 0.240 e. The van der Waals surface area contributed by atoms with E-state index >= 15 is 0 Å². The van der Waals surface area contributed by atoms with Gasteiger partial charge in [-0.25, -0.2) is 8.42 Å². The van der Waals surface area contributed by atoms with Crippen LogP contribution in [-0.4, -0.2) is 49.9 Å². The lowest BCUT2D eigenvalue weighted by atomic mass is 10.4. The summed E-state index contributed by atoms with van der Waals surface area (Å²) >= 11 is 0. The molecule has 1 unspecified atom stereocenters. The van der Waals surface area contributed by atoms with Gasteiger partial charge >= 0.3 is 0 Å². The van der Waals surface area contributed by atoms with Crippen LogP contribution in [0.2, 0.25) is 0 Å². The molecule has 1 atom stereocenters. The van der Waals surface area contributed by atoms with Gasteiger partial charge in [-0.05, 0) is 19.8 Å². The van der Waals surface area contributed by atoms with Gasteiger partial charge in [-0.2, -0.15) is 0 Å². The van der Waals surface area contributed by atoms with E-state index in [1.165, 1.54) is 6.92 Å². The molecule has 0 aromatic heterocycles. The lowest BCUT2D eigenvalue weighted by Gasteiger charge is -2.20. The zero-order valence-corrected chi connectivity index (χ0v) is 9.79. The Kier molecular flexibility index (Phi) is 4.10. The van der Waals surface area contributed by atoms with Crippen molar-refractivity contribution < 1.29 is 13.2 Å². The number of carbonyl (C=O) groups excluding carboxylic acids is 1. The number of hydrogen-bond donors (Lipinski definition) is 1. The van der Waals surface area contributed by atoms with Crippen LogP contribution in [0, 0.1) is 0 Å². The van der Waals surface area contributed by atoms with Gasteiger partial charge in [0.25, 0.3) is 0 Å². The van der Waals surface area contributed by atoms with E-state index in [0.717, 1.165) is 12.8 Å². The Labute approximate surface area is 90.5 Å². The van der Waals surface area contributed by atoms with E-state index in [4.69, 9.17) is 5.73 Å². The summed E-state index contributed by atoms with van der Waals surface area (Å²) < 4.78 is 23.2. The molecule has 0 saturated carbocycles. The highest BCUT2D eigenvalue weighted by Crippen LogP contribution is 2.13. The van der Waals surface area contributed by atoms with Crippen LogP contribution >= 0.6 is 0 Å². The predicted molar refractivity (Wildman–Crippen MR) is 58.1 cm³/mol. The van der Waals surface area contributed by atoms with Gasteiger partial charge < -0.3 is 10.6 Å². The van der Waals surface area contributed by atoms with E-state index in [2.05, 4.69) is 0 Å². The molecule has 88 valence electrons. The monoisotopic (exact) mass is 234 g/mol. The summed E-state index contributed by atoms with van der Waals surface area (Å²) in [6.45, 7) is 2.88. The van der Waals surface area contributed by atoms with Crippen molar-refractivity contribution in [3.8, 4) is 0 Å². The minimum Gasteiger partial charge on any atom is -0.342 e. The van der Waals surface area contributed by atoms with Crippen molar-refractivity contribution in [1.82, 2.24) is 4.90 Å². The van der Waals surface area contributed by atoms with Crippen LogP contribution in [0.1, 0.15) is 19.8 Å². The quantitative estimate of drug-likeness (QED) is 0.702. The third-order valence-corrected chi connectivity index (χ3v) is 4.79. The van der Waals surface area contributed by atoms with Crippen LogP contribution in [0.25, 0.3) is 0 Å². The lowest BCUT2D eigenvalue weighted by Crippen LogP contribution is -2.41. The maximum absolute atomic E-state index is 11.8. The number of nitrogens with two attached hydrogens (primary N) is 1. The molecule has 15 heavy (non-hydrogen) atoms. The van der Waals surface area contributed by atoms with Gasteiger partial charge in [0, 0.05) is 19.6 Å². The second kappa shape index (κ2) is 4.94. The Morgan fingerprint density at radius 1 is 1.40 bits per heavy atom. The van der Waals surface area contributed by atoms with Crippen molar-refractivity contribution in [3.05, 3.63) is 0 Å². The zero-order valence-electron chi connectivity index (χ0n) is 8.98. The molecule has 0 spiro atoms. The molecular weight excluding hydrogens is 216 g/mol. The number of nitrogens with zero attached hydrogens (tertiary/aromatic N) is 1. The SMILES string of the molecule is CC(C(=O)N1CCCC1)S(=O)(=O)CCN. The van der Waals surface area contributed by atoms with Gasteiger partial charge in [-0.1, -0.05) is 0 Å². The average molecular weight is 234 g/mol. The third-order valence-electron chi connectivity index (χ3n) is 2.71. The minimum absolute atomic E-state index is 0.0694. The van der Waals surface area contributed by atoms with Crippen molar-refractivity contribution in [2.45, 2.75) is 25.0 Å². The van der Waals surface area contributed by atoms with Crippen LogP contribution in [-0.2, 0) is 14.6 Å². The van der Waals surface area contributed by atoms with E-state index < -0.39 is 15.1 Å². The van der Waals surface area contributed by atoms with Crippen LogP contribution < -0.4 is 5.73 Å². The van der Waals surface area contributed by atoms with Crippen molar-refractivity contribution in [1.29, 1.82) is 0 Å². The topological polar surface area (TPSA) is 80.5 Å². The standard InChI is InChI=1S/C9H18N2O3S/c1-8(15(13,14)7-4-10)9(12)11-5-2-3-6-11/h8H,2-7,10H2,1H3. The predicted octanol–water partition coefficient (Wildman–Crippen LogP) is -0.629. The molecule has 1 aliphatic heterocycles. The summed E-state index contributed by atoms with van der Waals surface area (Å²) in [5.41, 5.74) is 5.20. The number of likely N-dealkylation sites (tertiary alicyclic amines) is 1. The fourth-order valence-corrected chi connectivity index (χ4v) is 2.83. The molecule has 0 aromatic carbocycles. The fourth-order valence-electron chi connectivity index (χ4n) is 1.69. The maximum Gasteiger partial charge on any atom is 0.240 e. The Morgan fingerprint density at radius 2 is 1.93 bits per heavy atom. The first-order valence-corrected chi connectivity index (χ1v) is 6.91. The molecule has 6 heteroatoms. The largest absolute Gasteiger partial charge is 0.342 e. The second-order valence-corrected chi connectivity index (χ2v) is 6.27. The molecule has 0 bridgehead atoms. The van der Waals surface area contributed by atoms with E-state index in [-0.39, 0.29) is 18.2 Å². The number of hydrogen-bond acceptors (Lipinski definition) is 4. The van der Waals surface area contributed by atoms with Crippen molar-refractivity contribution >= 4 is 15.7 Å². The molecule has 1 fully saturated rings. The van der Waals surface area contributed by atoms with Gasteiger partial charge in [0.1, 0.15) is 5.25 Å². The molecule has 1 aliphatic rings. The molecule has 0 aliphatic carbocycles. The third kappa shape index (κ3) is 2.92. The Bertz CT molecular complexity index is 320. The van der Waals surface area contributed by atoms with Gasteiger partial charge in [0.05, 0.1) is 5.75 Å². The Balaban J connectivity index is 2.66. The first-order valence-electron chi connectivity index (χ1n) is 5.19. The van der Waals surface area contributed by atoms with Gasteiger partial charge in [-0.3, -0.25) is 4.79 Å². The van der Waals surface area contributed by atoms with Crippen molar-refractivity contribution in [2.24, 2.45) is 5.73 Å². The second-order valence-electron chi connectivity index (χ2n) is 3.83. The van der Waals surface area contributed by atoms with Crippen LogP contribution in [0.15, 0.2) is 0 Å². The summed E-state index contributed by atoms with van der Waals surface area (Å²) in [5, 5.41) is -0.945. The molecule has 2 N–H and O–H groups in total. The van der Waals surface area contributed by atoms with E-state index in [1.807, 2.05) is 0 Å². The van der Waals surface area contributed by atoms with Crippen molar-refractivity contribution in [2.75, 3.05) is 25.4 Å². The summed E-state index contributed by atoms with van der Waals surface area (Å²) in [6.07, 6.45) is 1.94. The van der Waals surface area contributed by atoms with E-state index in [1.54, 1.807) is 4.90 Å². The van der Waals surface area contributed by atoms with Crippen LogP contribution in [0.5, 0.6) is 0 Å². The number of rotatable bonds is 4. The molecule has 0 aromatic rings. The summed E-state index contributed by atoms with van der Waals surface area (Å²) in [5.74, 6) is -0.394. The number of amides is 1. The van der Waals surface area contributed by atoms with E-state index in [9.17, 15) is 13.2 Å². The molecule has 1 heterocycles. The summed E-state index contributed by atoms with van der Waals surface area (Å²) in [7, 11) is -3.36. The van der Waals surface area contributed by atoms with E-state index in [0.29, 0.717) is 13.1 Å². The van der Waals surface area contributed by atoms with Gasteiger partial charge in [0.2, 0.25) is 5.91 Å². The molecule has 1 amide bonds. The highest BCUT2D eigenvalue weighted by molar-refractivity contribution is 7.92. The van der Waals surface area contributed by atoms with Gasteiger partial charge in [-0.15, -0.1) is 0 Å². The zero-order chi connectivity index (χ0) is 11.5. The normalized spacial score (nSPS) is 19.2. The summed E-state index contributed by atoms with van der Waals surface area (Å²) in [4.78, 5) is 13.4. The minimum atomic E-state index is -3.36. The molecule has 0 radical (unpaired) electrons. The first kappa shape index (κ1) is 12.4. The number of sulfone groups is 1. The number of carbonyl (C=O) groups is 1. The van der Waals surface area contributed by atoms with Crippen molar-refractivity contribution in [3.63, 3.8) is 0 Å².